The average Bonchev–Trinajstić information content (AvgIpc) is 3.31. The highest BCUT2D eigenvalue weighted by atomic mass is 19.3. The van der Waals surface area contributed by atoms with Crippen molar-refractivity contribution in [1.29, 1.82) is 0 Å². The molecule has 0 atom stereocenters. The van der Waals surface area contributed by atoms with Gasteiger partial charge in [-0.25, -0.2) is 31.5 Å². The third-order valence-corrected chi connectivity index (χ3v) is 5.05. The Bertz CT molecular complexity index is 1350. The molecule has 0 spiro atoms. The van der Waals surface area contributed by atoms with E-state index in [4.69, 9.17) is 0 Å². The first-order valence-electron chi connectivity index (χ1n) is 9.71. The van der Waals surface area contributed by atoms with Gasteiger partial charge in [0.25, 0.3) is 18.8 Å². The van der Waals surface area contributed by atoms with Gasteiger partial charge in [0.1, 0.15) is 17.2 Å². The van der Waals surface area contributed by atoms with Crippen molar-refractivity contribution in [3.05, 3.63) is 76.2 Å². The second kappa shape index (κ2) is 8.60. The average molecular weight is 464 g/mol. The molecule has 4 rings (SSSR count). The smallest absolute Gasteiger partial charge is 0.280 e. The zero-order valence-corrected chi connectivity index (χ0v) is 17.4. The number of fused-ring (bicyclic) bond motifs is 1. The standard InChI is InChI=1S/C21H17F5N6O/c1-10-18(11(2)31(29-10)9-12-5-3-4-6-13(12)22)28-21(33)15-8-17-27-14(19(23)24)7-16(20(25)26)32(17)30-15/h3-8,19-20H,9H2,1-2H3,(H,28,33). The van der Waals surface area contributed by atoms with Gasteiger partial charge in [-0.05, 0) is 26.0 Å². The first kappa shape index (κ1) is 22.4. The number of hydrogen-bond donors (Lipinski definition) is 1. The number of rotatable bonds is 6. The summed E-state index contributed by atoms with van der Waals surface area (Å²) in [4.78, 5) is 16.4. The number of anilines is 1. The second-order valence-electron chi connectivity index (χ2n) is 7.26. The molecule has 1 aromatic carbocycles. The first-order valence-corrected chi connectivity index (χ1v) is 9.71. The van der Waals surface area contributed by atoms with Gasteiger partial charge in [-0.3, -0.25) is 9.48 Å². The lowest BCUT2D eigenvalue weighted by molar-refractivity contribution is 0.102. The van der Waals surface area contributed by atoms with Gasteiger partial charge in [0, 0.05) is 11.6 Å². The Morgan fingerprint density at radius 2 is 1.79 bits per heavy atom. The summed E-state index contributed by atoms with van der Waals surface area (Å²) < 4.78 is 68.9. The molecule has 172 valence electrons. The number of aromatic nitrogens is 5. The topological polar surface area (TPSA) is 77.1 Å². The summed E-state index contributed by atoms with van der Waals surface area (Å²) in [5.74, 6) is -1.17. The van der Waals surface area contributed by atoms with Gasteiger partial charge in [-0.2, -0.15) is 10.2 Å². The van der Waals surface area contributed by atoms with E-state index in [1.807, 2.05) is 0 Å². The fourth-order valence-electron chi connectivity index (χ4n) is 3.39. The van der Waals surface area contributed by atoms with E-state index in [1.54, 1.807) is 32.0 Å². The molecule has 0 aliphatic heterocycles. The summed E-state index contributed by atoms with van der Waals surface area (Å²) in [7, 11) is 0. The van der Waals surface area contributed by atoms with Crippen molar-refractivity contribution in [3.63, 3.8) is 0 Å². The normalized spacial score (nSPS) is 11.7. The lowest BCUT2D eigenvalue weighted by Gasteiger charge is -2.07. The molecular formula is C21H17F5N6O. The van der Waals surface area contributed by atoms with Crippen molar-refractivity contribution < 1.29 is 26.7 Å². The number of amides is 1. The van der Waals surface area contributed by atoms with Crippen LogP contribution in [0, 0.1) is 19.7 Å². The number of carbonyl (C=O) groups excluding carboxylic acids is 1. The van der Waals surface area contributed by atoms with Crippen LogP contribution < -0.4 is 5.32 Å². The maximum absolute atomic E-state index is 14.0. The van der Waals surface area contributed by atoms with E-state index >= 15 is 0 Å². The van der Waals surface area contributed by atoms with Crippen molar-refractivity contribution in [1.82, 2.24) is 24.4 Å². The van der Waals surface area contributed by atoms with Crippen LogP contribution in [0.25, 0.3) is 5.65 Å². The molecule has 0 aliphatic rings. The van der Waals surface area contributed by atoms with Gasteiger partial charge in [0.2, 0.25) is 0 Å². The number of alkyl halides is 4. The molecule has 1 N–H and O–H groups in total. The zero-order chi connectivity index (χ0) is 23.9. The molecule has 0 radical (unpaired) electrons. The molecule has 33 heavy (non-hydrogen) atoms. The van der Waals surface area contributed by atoms with Crippen LogP contribution in [0.4, 0.5) is 27.6 Å². The van der Waals surface area contributed by atoms with E-state index in [2.05, 4.69) is 20.5 Å². The van der Waals surface area contributed by atoms with Gasteiger partial charge >= 0.3 is 0 Å². The minimum absolute atomic E-state index is 0.127. The van der Waals surface area contributed by atoms with E-state index in [0.29, 0.717) is 33.2 Å². The molecule has 1 amide bonds. The van der Waals surface area contributed by atoms with E-state index in [-0.39, 0.29) is 17.9 Å². The third kappa shape index (κ3) is 4.28. The predicted octanol–water partition coefficient (Wildman–Crippen LogP) is 4.86. The molecule has 3 heterocycles. The number of carbonyl (C=O) groups is 1. The third-order valence-electron chi connectivity index (χ3n) is 5.05. The SMILES string of the molecule is Cc1nn(Cc2ccccc2F)c(C)c1NC(=O)c1cc2nc(C(F)F)cc(C(F)F)n2n1. The lowest BCUT2D eigenvalue weighted by Crippen LogP contribution is -2.14. The fourth-order valence-corrected chi connectivity index (χ4v) is 3.39. The van der Waals surface area contributed by atoms with Gasteiger partial charge in [-0.15, -0.1) is 0 Å². The molecule has 0 unspecified atom stereocenters. The van der Waals surface area contributed by atoms with Gasteiger partial charge < -0.3 is 5.32 Å². The van der Waals surface area contributed by atoms with Crippen molar-refractivity contribution >= 4 is 17.2 Å². The predicted molar refractivity (Wildman–Crippen MR) is 108 cm³/mol. The number of nitrogens with one attached hydrogen (secondary N) is 1. The Hall–Kier alpha value is -3.83. The van der Waals surface area contributed by atoms with Crippen LogP contribution in [0.5, 0.6) is 0 Å². The van der Waals surface area contributed by atoms with Crippen LogP contribution in [0.3, 0.4) is 0 Å². The van der Waals surface area contributed by atoms with Crippen LogP contribution in [0.2, 0.25) is 0 Å². The van der Waals surface area contributed by atoms with E-state index in [0.717, 1.165) is 6.07 Å². The molecule has 0 saturated heterocycles. The summed E-state index contributed by atoms with van der Waals surface area (Å²) in [5, 5.41) is 10.7. The molecule has 0 fully saturated rings. The highest BCUT2D eigenvalue weighted by Gasteiger charge is 2.23. The maximum Gasteiger partial charge on any atom is 0.280 e. The second-order valence-corrected chi connectivity index (χ2v) is 7.26. The van der Waals surface area contributed by atoms with Crippen molar-refractivity contribution in [2.75, 3.05) is 5.32 Å². The quantitative estimate of drug-likeness (QED) is 0.414. The summed E-state index contributed by atoms with van der Waals surface area (Å²) >= 11 is 0. The number of benzene rings is 1. The van der Waals surface area contributed by atoms with Gasteiger partial charge in [-0.1, -0.05) is 18.2 Å². The van der Waals surface area contributed by atoms with Crippen molar-refractivity contribution in [2.24, 2.45) is 0 Å². The minimum atomic E-state index is -3.11. The Balaban J connectivity index is 1.64. The van der Waals surface area contributed by atoms with E-state index < -0.39 is 36.0 Å². The number of nitrogens with zero attached hydrogens (tertiary/aromatic N) is 5. The fraction of sp³-hybridized carbons (Fsp3) is 0.238. The number of aryl methyl sites for hydroxylation is 1. The van der Waals surface area contributed by atoms with Gasteiger partial charge in [0.15, 0.2) is 11.3 Å². The zero-order valence-electron chi connectivity index (χ0n) is 17.4. The van der Waals surface area contributed by atoms with Crippen LogP contribution >= 0.6 is 0 Å². The minimum Gasteiger partial charge on any atom is -0.317 e. The summed E-state index contributed by atoms with van der Waals surface area (Å²) in [6.07, 6.45) is -6.17. The number of hydrogen-bond acceptors (Lipinski definition) is 4. The summed E-state index contributed by atoms with van der Waals surface area (Å²) in [6.45, 7) is 3.43. The van der Waals surface area contributed by atoms with E-state index in [1.165, 1.54) is 10.7 Å². The van der Waals surface area contributed by atoms with Crippen LogP contribution in [0.1, 0.15) is 51.7 Å². The largest absolute Gasteiger partial charge is 0.317 e. The van der Waals surface area contributed by atoms with Crippen LogP contribution in [-0.2, 0) is 6.54 Å². The summed E-state index contributed by atoms with van der Waals surface area (Å²) in [6, 6.07) is 7.80. The van der Waals surface area contributed by atoms with E-state index in [9.17, 15) is 26.7 Å². The maximum atomic E-state index is 14.0. The molecule has 3 aromatic heterocycles. The molecule has 4 aromatic rings. The van der Waals surface area contributed by atoms with Gasteiger partial charge in [0.05, 0.1) is 23.6 Å². The van der Waals surface area contributed by atoms with Crippen molar-refractivity contribution in [3.8, 4) is 0 Å². The molecule has 0 saturated carbocycles. The molecule has 12 heteroatoms. The highest BCUT2D eigenvalue weighted by molar-refractivity contribution is 6.04. The lowest BCUT2D eigenvalue weighted by atomic mass is 10.2. The monoisotopic (exact) mass is 464 g/mol. The summed E-state index contributed by atoms with van der Waals surface area (Å²) in [5.41, 5.74) is -0.546. The highest BCUT2D eigenvalue weighted by Crippen LogP contribution is 2.26. The molecular weight excluding hydrogens is 447 g/mol. The Morgan fingerprint density at radius 3 is 2.45 bits per heavy atom. The Kier molecular flexibility index (Phi) is 5.83. The van der Waals surface area contributed by atoms with Crippen molar-refractivity contribution in [2.45, 2.75) is 33.2 Å². The Morgan fingerprint density at radius 1 is 1.06 bits per heavy atom. The van der Waals surface area contributed by atoms with Crippen LogP contribution in [-0.4, -0.2) is 30.3 Å². The molecule has 0 aliphatic carbocycles. The van der Waals surface area contributed by atoms with Crippen LogP contribution in [0.15, 0.2) is 36.4 Å². The molecule has 7 nitrogen and oxygen atoms in total. The first-order chi connectivity index (χ1) is 15.7. The molecule has 0 bridgehead atoms. The number of halogens is 5. The Labute approximate surface area is 183 Å².